The van der Waals surface area contributed by atoms with E-state index in [1.807, 2.05) is 27.7 Å². The van der Waals surface area contributed by atoms with Crippen molar-refractivity contribution in [2.24, 2.45) is 16.7 Å². The molecular formula is C37H52N6O6. The zero-order valence-corrected chi connectivity index (χ0v) is 29.3. The maximum Gasteiger partial charge on any atom is 0.289 e. The van der Waals surface area contributed by atoms with E-state index >= 15 is 0 Å². The van der Waals surface area contributed by atoms with E-state index in [1.165, 1.54) is 17.2 Å². The van der Waals surface area contributed by atoms with E-state index in [9.17, 15) is 28.8 Å². The molecule has 4 N–H and O–H groups in total. The second-order valence-electron chi connectivity index (χ2n) is 15.2. The van der Waals surface area contributed by atoms with Gasteiger partial charge in [0.25, 0.3) is 11.8 Å². The molecule has 4 rings (SSSR count). The molecule has 0 bridgehead atoms. The van der Waals surface area contributed by atoms with Gasteiger partial charge >= 0.3 is 0 Å². The summed E-state index contributed by atoms with van der Waals surface area (Å²) in [7, 11) is 0. The molecule has 0 aromatic carbocycles. The van der Waals surface area contributed by atoms with Crippen molar-refractivity contribution in [2.45, 2.75) is 110 Å². The minimum absolute atomic E-state index is 0.0952. The van der Waals surface area contributed by atoms with Gasteiger partial charge in [-0.1, -0.05) is 84.1 Å². The van der Waals surface area contributed by atoms with Crippen LogP contribution in [0.3, 0.4) is 0 Å². The van der Waals surface area contributed by atoms with Gasteiger partial charge in [0.15, 0.2) is 0 Å². The average molecular weight is 677 g/mol. The van der Waals surface area contributed by atoms with Gasteiger partial charge in [0.2, 0.25) is 23.5 Å². The van der Waals surface area contributed by atoms with E-state index in [-0.39, 0.29) is 31.1 Å². The van der Waals surface area contributed by atoms with E-state index < -0.39 is 70.3 Å². The van der Waals surface area contributed by atoms with Crippen LogP contribution in [0.15, 0.2) is 49.2 Å². The first kappa shape index (κ1) is 37.5. The second kappa shape index (κ2) is 15.9. The highest BCUT2D eigenvalue weighted by molar-refractivity contribution is 6.38. The van der Waals surface area contributed by atoms with Gasteiger partial charge < -0.3 is 26.2 Å². The number of carbonyl (C=O) groups excluding carboxylic acids is 6. The Labute approximate surface area is 289 Å². The van der Waals surface area contributed by atoms with Crippen LogP contribution in [-0.2, 0) is 24.0 Å². The summed E-state index contributed by atoms with van der Waals surface area (Å²) < 4.78 is 0. The normalized spacial score (nSPS) is 20.7. The highest BCUT2D eigenvalue weighted by Crippen LogP contribution is 2.39. The molecule has 2 saturated carbocycles. The standard InChI is InChI=1S/C37H52N6O6/c1-7-18-39-33(47)28(44)26(21-24-14-15-24)40-32(46)27-20-23(2)22-43(27)35(49)30(36(3,4)5)42-34(48)29(37(6)16-10-8-11-17-37)41-31(45)25-13-9-12-19-38-25/h7,9,12-13,19,24,26-27,29-30H,1-2,8,10-11,14-18,20-22H2,3-6H3,(H,39,47)(H,40,46)(H,41,45)(H,42,48)/t26?,27-,29+,30+/m0/s1. The fourth-order valence-electron chi connectivity index (χ4n) is 6.81. The summed E-state index contributed by atoms with van der Waals surface area (Å²) in [6.45, 7) is 15.3. The number of nitrogens with one attached hydrogen (secondary N) is 4. The van der Waals surface area contributed by atoms with Crippen LogP contribution in [0.4, 0.5) is 0 Å². The Hall–Kier alpha value is -4.35. The van der Waals surface area contributed by atoms with Crippen LogP contribution < -0.4 is 21.3 Å². The summed E-state index contributed by atoms with van der Waals surface area (Å²) in [6, 6.07) is 0.972. The number of aromatic nitrogens is 1. The van der Waals surface area contributed by atoms with Gasteiger partial charge in [-0.25, -0.2) is 0 Å². The van der Waals surface area contributed by atoms with Gasteiger partial charge in [0, 0.05) is 19.3 Å². The highest BCUT2D eigenvalue weighted by Gasteiger charge is 2.47. The van der Waals surface area contributed by atoms with Crippen LogP contribution >= 0.6 is 0 Å². The fraction of sp³-hybridized carbons (Fsp3) is 0.595. The third-order valence-electron chi connectivity index (χ3n) is 9.90. The molecule has 1 aliphatic heterocycles. The van der Waals surface area contributed by atoms with Crippen molar-refractivity contribution >= 4 is 35.3 Å². The molecule has 1 saturated heterocycles. The first-order chi connectivity index (χ1) is 23.1. The number of nitrogens with zero attached hydrogens (tertiary/aromatic N) is 2. The van der Waals surface area contributed by atoms with Crippen LogP contribution in [0.2, 0.25) is 0 Å². The third kappa shape index (κ3) is 9.64. The van der Waals surface area contributed by atoms with Gasteiger partial charge in [-0.2, -0.15) is 0 Å². The summed E-state index contributed by atoms with van der Waals surface area (Å²) in [6.07, 6.45) is 9.61. The number of hydrogen-bond acceptors (Lipinski definition) is 7. The maximum absolute atomic E-state index is 14.4. The SMILES string of the molecule is C=CCNC(=O)C(=O)C(CC1CC1)NC(=O)[C@@H]1CC(=C)CN1C(=O)[C@@H](NC(=O)[C@@H](NC(=O)c1ccccn1)C1(C)CCCCC1)C(C)(C)C. The minimum Gasteiger partial charge on any atom is -0.346 e. The molecule has 2 heterocycles. The smallest absolute Gasteiger partial charge is 0.289 e. The first-order valence-corrected chi connectivity index (χ1v) is 17.4. The van der Waals surface area contributed by atoms with Crippen LogP contribution in [0.1, 0.15) is 96.0 Å². The summed E-state index contributed by atoms with van der Waals surface area (Å²) in [4.78, 5) is 86.8. The predicted molar refractivity (Wildman–Crippen MR) is 185 cm³/mol. The van der Waals surface area contributed by atoms with Gasteiger partial charge in [0.05, 0.1) is 6.04 Å². The van der Waals surface area contributed by atoms with Crippen molar-refractivity contribution in [1.29, 1.82) is 0 Å². The number of rotatable bonds is 14. The molecule has 3 fully saturated rings. The van der Waals surface area contributed by atoms with E-state index in [4.69, 9.17) is 0 Å². The number of amides is 5. The molecule has 12 heteroatoms. The lowest BCUT2D eigenvalue weighted by Crippen LogP contribution is -2.63. The van der Waals surface area contributed by atoms with Crippen LogP contribution in [0.5, 0.6) is 0 Å². The van der Waals surface area contributed by atoms with Crippen LogP contribution in [0.25, 0.3) is 0 Å². The second-order valence-corrected chi connectivity index (χ2v) is 15.2. The number of pyridine rings is 1. The van der Waals surface area contributed by atoms with Crippen molar-refractivity contribution in [3.8, 4) is 0 Å². The van der Waals surface area contributed by atoms with Crippen molar-refractivity contribution in [3.63, 3.8) is 0 Å². The number of hydrogen-bond donors (Lipinski definition) is 4. The molecule has 49 heavy (non-hydrogen) atoms. The number of ketones is 1. The zero-order valence-electron chi connectivity index (χ0n) is 29.3. The predicted octanol–water partition coefficient (Wildman–Crippen LogP) is 2.99. The van der Waals surface area contributed by atoms with Crippen molar-refractivity contribution in [1.82, 2.24) is 31.2 Å². The lowest BCUT2D eigenvalue weighted by Gasteiger charge is -2.42. The summed E-state index contributed by atoms with van der Waals surface area (Å²) in [5.74, 6) is -3.31. The third-order valence-corrected chi connectivity index (χ3v) is 9.90. The molecule has 2 aliphatic carbocycles. The first-order valence-electron chi connectivity index (χ1n) is 17.4. The molecule has 266 valence electrons. The fourth-order valence-corrected chi connectivity index (χ4v) is 6.81. The molecule has 4 atom stereocenters. The lowest BCUT2D eigenvalue weighted by atomic mass is 9.70. The summed E-state index contributed by atoms with van der Waals surface area (Å²) in [5, 5.41) is 11.2. The Morgan fingerprint density at radius 3 is 2.33 bits per heavy atom. The molecule has 3 aliphatic rings. The molecule has 0 spiro atoms. The quantitative estimate of drug-likeness (QED) is 0.174. The van der Waals surface area contributed by atoms with Crippen molar-refractivity contribution in [2.75, 3.05) is 13.1 Å². The van der Waals surface area contributed by atoms with Crippen molar-refractivity contribution in [3.05, 3.63) is 54.9 Å². The highest BCUT2D eigenvalue weighted by atomic mass is 16.2. The lowest BCUT2D eigenvalue weighted by molar-refractivity contribution is -0.145. The maximum atomic E-state index is 14.4. The van der Waals surface area contributed by atoms with E-state index in [1.54, 1.807) is 18.2 Å². The topological polar surface area (TPSA) is 167 Å². The summed E-state index contributed by atoms with van der Waals surface area (Å²) >= 11 is 0. The summed E-state index contributed by atoms with van der Waals surface area (Å²) in [5.41, 5.74) is -0.501. The van der Waals surface area contributed by atoms with Crippen molar-refractivity contribution < 1.29 is 28.8 Å². The molecule has 1 aromatic rings. The van der Waals surface area contributed by atoms with E-state index in [0.717, 1.165) is 44.9 Å². The van der Waals surface area contributed by atoms with Gasteiger partial charge in [-0.05, 0) is 54.6 Å². The van der Waals surface area contributed by atoms with E-state index in [2.05, 4.69) is 39.4 Å². The van der Waals surface area contributed by atoms with Gasteiger partial charge in [-0.3, -0.25) is 33.8 Å². The average Bonchev–Trinajstić information content (AvgIpc) is 3.80. The number of Topliss-reactive ketones (excluding diaryl/α,β-unsaturated/α-hetero) is 1. The molecule has 5 amide bonds. The Kier molecular flexibility index (Phi) is 12.2. The number of likely N-dealkylation sites (tertiary alicyclic amines) is 1. The Balaban J connectivity index is 1.55. The molecule has 12 nitrogen and oxygen atoms in total. The minimum atomic E-state index is -1.06. The Morgan fingerprint density at radius 1 is 1.04 bits per heavy atom. The van der Waals surface area contributed by atoms with Gasteiger partial charge in [0.1, 0.15) is 23.8 Å². The van der Waals surface area contributed by atoms with Crippen LogP contribution in [-0.4, -0.2) is 82.5 Å². The molecule has 0 radical (unpaired) electrons. The Morgan fingerprint density at radius 2 is 1.73 bits per heavy atom. The van der Waals surface area contributed by atoms with Gasteiger partial charge in [-0.15, -0.1) is 6.58 Å². The molecular weight excluding hydrogens is 624 g/mol. The largest absolute Gasteiger partial charge is 0.346 e. The monoisotopic (exact) mass is 676 g/mol. The molecule has 1 aromatic heterocycles. The van der Waals surface area contributed by atoms with E-state index in [0.29, 0.717) is 12.0 Å². The molecule has 1 unspecified atom stereocenters. The zero-order chi connectivity index (χ0) is 35.9. The number of carbonyl (C=O) groups is 6. The van der Waals surface area contributed by atoms with Crippen LogP contribution in [0, 0.1) is 16.7 Å². The Bertz CT molecular complexity index is 1440.